The molecule has 1 aromatic heterocycles. The third-order valence-electron chi connectivity index (χ3n) is 4.38. The molecule has 0 saturated carbocycles. The number of hydrogen-bond acceptors (Lipinski definition) is 4. The Morgan fingerprint density at radius 3 is 2.78 bits per heavy atom. The zero-order valence-electron chi connectivity index (χ0n) is 13.1. The molecule has 0 radical (unpaired) electrons. The van der Waals surface area contributed by atoms with Gasteiger partial charge in [0.25, 0.3) is 5.91 Å². The second-order valence-electron chi connectivity index (χ2n) is 5.97. The molecule has 0 bridgehead atoms. The summed E-state index contributed by atoms with van der Waals surface area (Å²) in [4.78, 5) is 21.9. The largest absolute Gasteiger partial charge is 0.396 e. The van der Waals surface area contributed by atoms with Gasteiger partial charge in [-0.1, -0.05) is 30.3 Å². The number of carbonyl (C=O) groups excluding carboxylic acids is 1. The highest BCUT2D eigenvalue weighted by molar-refractivity contribution is 5.94. The molecule has 122 valence electrons. The van der Waals surface area contributed by atoms with Gasteiger partial charge in [0.15, 0.2) is 0 Å². The number of hydrogen-bond donors (Lipinski definition) is 3. The molecule has 0 aliphatic carbocycles. The summed E-state index contributed by atoms with van der Waals surface area (Å²) in [5.74, 6) is 0.327. The molecule has 1 saturated heterocycles. The zero-order chi connectivity index (χ0) is 16.4. The quantitative estimate of drug-likeness (QED) is 0.794. The first-order valence-corrected chi connectivity index (χ1v) is 7.80. The van der Waals surface area contributed by atoms with Crippen LogP contribution in [0.4, 0.5) is 0 Å². The third-order valence-corrected chi connectivity index (χ3v) is 4.38. The minimum atomic E-state index is -0.689. The van der Waals surface area contributed by atoms with Gasteiger partial charge in [-0.3, -0.25) is 4.79 Å². The van der Waals surface area contributed by atoms with E-state index in [1.165, 1.54) is 0 Å². The van der Waals surface area contributed by atoms with Crippen molar-refractivity contribution < 1.29 is 15.0 Å². The van der Waals surface area contributed by atoms with E-state index in [0.29, 0.717) is 30.2 Å². The summed E-state index contributed by atoms with van der Waals surface area (Å²) in [6, 6.07) is 9.64. The standard InChI is InChI=1S/C17H21N3O3/c1-11-15(19-16(18-11)12-5-3-2-4-6-12)17(23)20-8-7-13(10-21)14(22)9-20/h2-6,13-14,21-22H,7-10H2,1H3,(H,18,19)/t13-,14+/m0/s1. The van der Waals surface area contributed by atoms with Gasteiger partial charge in [-0.05, 0) is 13.3 Å². The number of nitrogens with one attached hydrogen (secondary N) is 1. The van der Waals surface area contributed by atoms with E-state index in [9.17, 15) is 15.0 Å². The highest BCUT2D eigenvalue weighted by Gasteiger charge is 2.31. The van der Waals surface area contributed by atoms with Crippen molar-refractivity contribution in [3.05, 3.63) is 41.7 Å². The van der Waals surface area contributed by atoms with E-state index in [0.717, 1.165) is 5.56 Å². The molecule has 3 N–H and O–H groups in total. The molecular formula is C17H21N3O3. The van der Waals surface area contributed by atoms with Gasteiger partial charge in [0.1, 0.15) is 11.5 Å². The minimum absolute atomic E-state index is 0.0528. The molecule has 1 fully saturated rings. The molecule has 0 unspecified atom stereocenters. The fourth-order valence-corrected chi connectivity index (χ4v) is 2.93. The van der Waals surface area contributed by atoms with Crippen molar-refractivity contribution in [2.75, 3.05) is 19.7 Å². The monoisotopic (exact) mass is 315 g/mol. The normalized spacial score (nSPS) is 21.4. The maximum atomic E-state index is 12.7. The number of imidazole rings is 1. The number of aliphatic hydroxyl groups is 2. The number of H-pyrrole nitrogens is 1. The van der Waals surface area contributed by atoms with E-state index in [1.807, 2.05) is 37.3 Å². The van der Waals surface area contributed by atoms with Gasteiger partial charge in [0, 0.05) is 36.9 Å². The van der Waals surface area contributed by atoms with Crippen molar-refractivity contribution in [3.63, 3.8) is 0 Å². The average molecular weight is 315 g/mol. The number of piperidine rings is 1. The lowest BCUT2D eigenvalue weighted by molar-refractivity contribution is 0.000648. The minimum Gasteiger partial charge on any atom is -0.396 e. The lowest BCUT2D eigenvalue weighted by atomic mass is 9.94. The Morgan fingerprint density at radius 1 is 1.39 bits per heavy atom. The maximum absolute atomic E-state index is 12.7. The van der Waals surface area contributed by atoms with Crippen LogP contribution in [0.25, 0.3) is 11.4 Å². The number of β-amino-alcohol motifs (C(OH)–C–C–N with tert-alkyl or cyclic N) is 1. The van der Waals surface area contributed by atoms with Crippen LogP contribution in [0.2, 0.25) is 0 Å². The Morgan fingerprint density at radius 2 is 2.13 bits per heavy atom. The van der Waals surface area contributed by atoms with Crippen LogP contribution in [-0.2, 0) is 0 Å². The van der Waals surface area contributed by atoms with Gasteiger partial charge >= 0.3 is 0 Å². The van der Waals surface area contributed by atoms with E-state index < -0.39 is 6.10 Å². The number of benzene rings is 1. The SMILES string of the molecule is Cc1[nH]c(-c2ccccc2)nc1C(=O)N1CC[C@@H](CO)[C@H](O)C1. The highest BCUT2D eigenvalue weighted by Crippen LogP contribution is 2.22. The number of aryl methyl sites for hydroxylation is 1. The van der Waals surface area contributed by atoms with E-state index >= 15 is 0 Å². The summed E-state index contributed by atoms with van der Waals surface area (Å²) in [5.41, 5.74) is 2.03. The van der Waals surface area contributed by atoms with Gasteiger partial charge in [0.05, 0.1) is 6.10 Å². The van der Waals surface area contributed by atoms with Gasteiger partial charge in [-0.15, -0.1) is 0 Å². The summed E-state index contributed by atoms with van der Waals surface area (Å²) in [7, 11) is 0. The fraction of sp³-hybridized carbons (Fsp3) is 0.412. The summed E-state index contributed by atoms with van der Waals surface area (Å²) in [5, 5.41) is 19.2. The number of aromatic nitrogens is 2. The lowest BCUT2D eigenvalue weighted by Crippen LogP contribution is -2.47. The predicted molar refractivity (Wildman–Crippen MR) is 85.9 cm³/mol. The van der Waals surface area contributed by atoms with Gasteiger partial charge < -0.3 is 20.1 Å². The third kappa shape index (κ3) is 3.13. The van der Waals surface area contributed by atoms with E-state index in [2.05, 4.69) is 9.97 Å². The summed E-state index contributed by atoms with van der Waals surface area (Å²) < 4.78 is 0. The average Bonchev–Trinajstić information content (AvgIpc) is 2.97. The molecule has 2 atom stereocenters. The van der Waals surface area contributed by atoms with Crippen LogP contribution >= 0.6 is 0 Å². The molecule has 6 nitrogen and oxygen atoms in total. The number of likely N-dealkylation sites (tertiary alicyclic amines) is 1. The molecule has 1 aliphatic rings. The Balaban J connectivity index is 1.80. The van der Waals surface area contributed by atoms with Crippen molar-refractivity contribution in [2.45, 2.75) is 19.4 Å². The lowest BCUT2D eigenvalue weighted by Gasteiger charge is -2.34. The van der Waals surface area contributed by atoms with Crippen molar-refractivity contribution in [1.82, 2.24) is 14.9 Å². The van der Waals surface area contributed by atoms with Gasteiger partial charge in [0.2, 0.25) is 0 Å². The Labute approximate surface area is 134 Å². The van der Waals surface area contributed by atoms with Crippen molar-refractivity contribution in [3.8, 4) is 11.4 Å². The fourth-order valence-electron chi connectivity index (χ4n) is 2.93. The molecule has 1 aliphatic heterocycles. The number of amides is 1. The number of aliphatic hydroxyl groups excluding tert-OH is 2. The number of nitrogens with zero attached hydrogens (tertiary/aromatic N) is 2. The van der Waals surface area contributed by atoms with Crippen LogP contribution in [0.5, 0.6) is 0 Å². The molecular weight excluding hydrogens is 294 g/mol. The summed E-state index contributed by atoms with van der Waals surface area (Å²) in [6.07, 6.45) is -0.0937. The van der Waals surface area contributed by atoms with E-state index in [-0.39, 0.29) is 25.0 Å². The van der Waals surface area contributed by atoms with Crippen LogP contribution in [0.1, 0.15) is 22.6 Å². The summed E-state index contributed by atoms with van der Waals surface area (Å²) >= 11 is 0. The van der Waals surface area contributed by atoms with Crippen LogP contribution in [-0.4, -0.2) is 56.8 Å². The highest BCUT2D eigenvalue weighted by atomic mass is 16.3. The van der Waals surface area contributed by atoms with Crippen molar-refractivity contribution in [1.29, 1.82) is 0 Å². The van der Waals surface area contributed by atoms with Gasteiger partial charge in [-0.25, -0.2) is 4.98 Å². The molecule has 23 heavy (non-hydrogen) atoms. The Bertz CT molecular complexity index is 684. The van der Waals surface area contributed by atoms with Crippen LogP contribution < -0.4 is 0 Å². The molecule has 0 spiro atoms. The topological polar surface area (TPSA) is 89.5 Å². The first-order valence-electron chi connectivity index (χ1n) is 7.80. The van der Waals surface area contributed by atoms with Crippen LogP contribution in [0.15, 0.2) is 30.3 Å². The molecule has 3 rings (SSSR count). The number of aromatic amines is 1. The van der Waals surface area contributed by atoms with Crippen molar-refractivity contribution in [2.24, 2.45) is 5.92 Å². The summed E-state index contributed by atoms with van der Waals surface area (Å²) in [6.45, 7) is 2.53. The Kier molecular flexibility index (Phi) is 4.45. The molecule has 6 heteroatoms. The second-order valence-corrected chi connectivity index (χ2v) is 5.97. The molecule has 2 heterocycles. The zero-order valence-corrected chi connectivity index (χ0v) is 13.1. The maximum Gasteiger partial charge on any atom is 0.274 e. The van der Waals surface area contributed by atoms with E-state index in [4.69, 9.17) is 0 Å². The van der Waals surface area contributed by atoms with Crippen LogP contribution in [0, 0.1) is 12.8 Å². The van der Waals surface area contributed by atoms with Crippen molar-refractivity contribution >= 4 is 5.91 Å². The smallest absolute Gasteiger partial charge is 0.274 e. The van der Waals surface area contributed by atoms with E-state index in [1.54, 1.807) is 4.90 Å². The predicted octanol–water partition coefficient (Wildman–Crippen LogP) is 1.20. The molecule has 2 aromatic rings. The molecule has 1 aromatic carbocycles. The number of carbonyl (C=O) groups is 1. The first kappa shape index (κ1) is 15.7. The first-order chi connectivity index (χ1) is 11.1. The second kappa shape index (κ2) is 6.52. The van der Waals surface area contributed by atoms with Crippen LogP contribution in [0.3, 0.4) is 0 Å². The van der Waals surface area contributed by atoms with Gasteiger partial charge in [-0.2, -0.15) is 0 Å². The number of rotatable bonds is 3. The Hall–Kier alpha value is -2.18. The molecule has 1 amide bonds.